The van der Waals surface area contributed by atoms with E-state index in [9.17, 15) is 26.3 Å². The van der Waals surface area contributed by atoms with Crippen LogP contribution in [-0.4, -0.2) is 0 Å². The molecule has 31 heavy (non-hydrogen) atoms. The fourth-order valence-corrected chi connectivity index (χ4v) is 3.24. The van der Waals surface area contributed by atoms with Crippen molar-refractivity contribution in [1.29, 1.82) is 0 Å². The van der Waals surface area contributed by atoms with Crippen molar-refractivity contribution in [2.75, 3.05) is 0 Å². The molecule has 0 radical (unpaired) electrons. The second kappa shape index (κ2) is 9.71. The average Bonchev–Trinajstić information content (AvgIpc) is 2.74. The van der Waals surface area contributed by atoms with E-state index in [2.05, 4.69) is 18.7 Å². The molecule has 3 aromatic rings. The third-order valence-corrected chi connectivity index (χ3v) is 4.60. The Labute approximate surface area is 175 Å². The highest BCUT2D eigenvalue weighted by Gasteiger charge is 2.13. The van der Waals surface area contributed by atoms with Crippen molar-refractivity contribution >= 4 is 14.5 Å². The molecule has 3 rings (SSSR count). The Balaban J connectivity index is 1.94. The van der Waals surface area contributed by atoms with Gasteiger partial charge >= 0.3 is 24.2 Å². The molecule has 0 aliphatic heterocycles. The van der Waals surface area contributed by atoms with E-state index in [1.165, 1.54) is 24.3 Å². The number of hydrogen-bond acceptors (Lipinski definition) is 2. The number of rotatable bonds is 6. The van der Waals surface area contributed by atoms with E-state index < -0.39 is 24.2 Å². The predicted molar refractivity (Wildman–Crippen MR) is 109 cm³/mol. The standard InChI is InChI=1S/C22H13F6O2P/c23-19(24)21(27)29-14-8-4-12(5-9-14)16-2-1-3-17(31)18(16)13-6-10-15(11-7-13)30-22(28)20(25)26/h1-11H,31H2. The molecule has 9 heteroatoms. The minimum atomic E-state index is -2.56. The lowest BCUT2D eigenvalue weighted by Crippen LogP contribution is -2.00. The maximum Gasteiger partial charge on any atom is 0.344 e. The van der Waals surface area contributed by atoms with Gasteiger partial charge in [-0.2, -0.15) is 26.3 Å². The first-order valence-electron chi connectivity index (χ1n) is 8.63. The lowest BCUT2D eigenvalue weighted by atomic mass is 9.94. The summed E-state index contributed by atoms with van der Waals surface area (Å²) in [7, 11) is 2.58. The largest absolute Gasteiger partial charge is 0.428 e. The third-order valence-electron chi connectivity index (χ3n) is 4.12. The van der Waals surface area contributed by atoms with Crippen LogP contribution in [0.5, 0.6) is 11.5 Å². The molecule has 0 heterocycles. The summed E-state index contributed by atoms with van der Waals surface area (Å²) in [5, 5.41) is 0.806. The number of benzene rings is 3. The van der Waals surface area contributed by atoms with Gasteiger partial charge in [0.2, 0.25) is 0 Å². The first-order chi connectivity index (χ1) is 14.8. The van der Waals surface area contributed by atoms with Crippen molar-refractivity contribution in [3.63, 3.8) is 0 Å². The van der Waals surface area contributed by atoms with Gasteiger partial charge in [-0.1, -0.05) is 42.5 Å². The summed E-state index contributed by atoms with van der Waals surface area (Å²) in [6.45, 7) is 0. The van der Waals surface area contributed by atoms with Crippen LogP contribution in [0.4, 0.5) is 26.3 Å². The van der Waals surface area contributed by atoms with Crippen LogP contribution in [0.15, 0.2) is 90.9 Å². The van der Waals surface area contributed by atoms with Gasteiger partial charge in [0.05, 0.1) is 0 Å². The molecule has 0 N–H and O–H groups in total. The highest BCUT2D eigenvalue weighted by Crippen LogP contribution is 2.34. The molecule has 0 aromatic heterocycles. The molecule has 0 bridgehead atoms. The third kappa shape index (κ3) is 5.47. The summed E-state index contributed by atoms with van der Waals surface area (Å²) in [5.74, 6) is -0.206. The Morgan fingerprint density at radius 2 is 1.03 bits per heavy atom. The van der Waals surface area contributed by atoms with Crippen LogP contribution in [0.2, 0.25) is 0 Å². The lowest BCUT2D eigenvalue weighted by molar-refractivity contribution is 0.241. The molecule has 0 saturated heterocycles. The zero-order valence-electron chi connectivity index (χ0n) is 15.5. The minimum absolute atomic E-state index is 0.102. The van der Waals surface area contributed by atoms with Crippen LogP contribution in [0.1, 0.15) is 0 Å². The maximum absolute atomic E-state index is 13.0. The van der Waals surface area contributed by atoms with Crippen LogP contribution in [0.3, 0.4) is 0 Å². The smallest absolute Gasteiger partial charge is 0.344 e. The molecule has 160 valence electrons. The first kappa shape index (κ1) is 22.4. The lowest BCUT2D eigenvalue weighted by Gasteiger charge is -2.14. The van der Waals surface area contributed by atoms with Gasteiger partial charge in [-0.15, -0.1) is 9.24 Å². The quantitative estimate of drug-likeness (QED) is 0.220. The van der Waals surface area contributed by atoms with Gasteiger partial charge in [0, 0.05) is 0 Å². The second-order valence-corrected chi connectivity index (χ2v) is 6.71. The Kier molecular flexibility index (Phi) is 7.02. The molecule has 3 aromatic carbocycles. The van der Waals surface area contributed by atoms with Crippen LogP contribution in [0.25, 0.3) is 22.3 Å². The van der Waals surface area contributed by atoms with E-state index >= 15 is 0 Å². The first-order valence-corrected chi connectivity index (χ1v) is 9.20. The topological polar surface area (TPSA) is 18.5 Å². The number of halogens is 6. The van der Waals surface area contributed by atoms with Gasteiger partial charge < -0.3 is 9.47 Å². The maximum atomic E-state index is 13.0. The normalized spacial score (nSPS) is 10.4. The molecule has 0 aliphatic carbocycles. The van der Waals surface area contributed by atoms with Crippen molar-refractivity contribution < 1.29 is 35.8 Å². The molecule has 0 amide bonds. The van der Waals surface area contributed by atoms with E-state index in [0.29, 0.717) is 11.1 Å². The Hall–Kier alpha value is -3.25. The van der Waals surface area contributed by atoms with E-state index in [4.69, 9.17) is 0 Å². The molecule has 1 atom stereocenters. The highest BCUT2D eigenvalue weighted by molar-refractivity contribution is 7.28. The molecule has 0 spiro atoms. The molecule has 2 nitrogen and oxygen atoms in total. The van der Waals surface area contributed by atoms with Gasteiger partial charge in [0.1, 0.15) is 11.5 Å². The molecular formula is C22H13F6O2P. The van der Waals surface area contributed by atoms with Gasteiger partial charge in [-0.3, -0.25) is 0 Å². The minimum Gasteiger partial charge on any atom is -0.428 e. The van der Waals surface area contributed by atoms with Gasteiger partial charge in [-0.05, 0) is 51.8 Å². The van der Waals surface area contributed by atoms with Crippen molar-refractivity contribution in [2.45, 2.75) is 0 Å². The number of hydrogen-bond donors (Lipinski definition) is 0. The second-order valence-electron chi connectivity index (χ2n) is 6.09. The molecule has 0 fully saturated rings. The van der Waals surface area contributed by atoms with E-state index in [0.717, 1.165) is 16.4 Å². The number of ether oxygens (including phenoxy) is 2. The van der Waals surface area contributed by atoms with Crippen molar-refractivity contribution in [3.8, 4) is 33.8 Å². The van der Waals surface area contributed by atoms with Gasteiger partial charge in [0.15, 0.2) is 0 Å². The van der Waals surface area contributed by atoms with Crippen molar-refractivity contribution in [3.05, 3.63) is 90.9 Å². The Morgan fingerprint density at radius 1 is 0.581 bits per heavy atom. The zero-order chi connectivity index (χ0) is 22.5. The van der Waals surface area contributed by atoms with Crippen molar-refractivity contribution in [1.82, 2.24) is 0 Å². The summed E-state index contributed by atoms with van der Waals surface area (Å²) in [4.78, 5) is 0. The van der Waals surface area contributed by atoms with Gasteiger partial charge in [0.25, 0.3) is 0 Å². The fourth-order valence-electron chi connectivity index (χ4n) is 2.81. The summed E-state index contributed by atoms with van der Waals surface area (Å²) in [6, 6.07) is 13.2. The monoisotopic (exact) mass is 454 g/mol. The molecular weight excluding hydrogens is 441 g/mol. The van der Waals surface area contributed by atoms with Crippen LogP contribution in [-0.2, 0) is 0 Å². The summed E-state index contributed by atoms with van der Waals surface area (Å²) < 4.78 is 83.5. The van der Waals surface area contributed by atoms with E-state index in [1.807, 2.05) is 12.1 Å². The summed E-state index contributed by atoms with van der Waals surface area (Å²) >= 11 is 0. The van der Waals surface area contributed by atoms with Crippen molar-refractivity contribution in [2.24, 2.45) is 0 Å². The van der Waals surface area contributed by atoms with E-state index in [1.54, 1.807) is 30.3 Å². The average molecular weight is 454 g/mol. The summed E-state index contributed by atoms with van der Waals surface area (Å²) in [5.41, 5.74) is 2.89. The fraction of sp³-hybridized carbons (Fsp3) is 0. The van der Waals surface area contributed by atoms with Crippen LogP contribution >= 0.6 is 9.24 Å². The van der Waals surface area contributed by atoms with E-state index in [-0.39, 0.29) is 11.5 Å². The Morgan fingerprint density at radius 3 is 1.48 bits per heavy atom. The van der Waals surface area contributed by atoms with Gasteiger partial charge in [-0.25, -0.2) is 0 Å². The predicted octanol–water partition coefficient (Wildman–Crippen LogP) is 7.35. The molecule has 1 unspecified atom stereocenters. The van der Waals surface area contributed by atoms with Crippen LogP contribution in [0, 0.1) is 0 Å². The molecule has 0 aliphatic rings. The zero-order valence-corrected chi connectivity index (χ0v) is 16.7. The summed E-state index contributed by atoms with van der Waals surface area (Å²) in [6.07, 6.45) is -5.11. The molecule has 0 saturated carbocycles. The Bertz CT molecular complexity index is 1130. The highest BCUT2D eigenvalue weighted by atomic mass is 31.0. The van der Waals surface area contributed by atoms with Crippen LogP contribution < -0.4 is 14.8 Å². The SMILES string of the molecule is FC(F)=C(F)Oc1ccc(-c2cccc(P)c2-c2ccc(OC(F)=C(F)F)cc2)cc1.